The number of aromatic nitrogens is 1. The Hall–Kier alpha value is -1.16. The van der Waals surface area contributed by atoms with Gasteiger partial charge in [0.25, 0.3) is 0 Å². The minimum absolute atomic E-state index is 0.225. The zero-order valence-corrected chi connectivity index (χ0v) is 8.28. The summed E-state index contributed by atoms with van der Waals surface area (Å²) < 4.78 is 13.4. The first-order valence-electron chi connectivity index (χ1n) is 4.80. The Bertz CT molecular complexity index is 308. The maximum Gasteiger partial charge on any atom is 0.164 e. The molecule has 1 saturated heterocycles. The average molecular weight is 195 g/mol. The molecule has 0 aromatic carbocycles. The van der Waals surface area contributed by atoms with Crippen molar-refractivity contribution in [2.75, 3.05) is 38.1 Å². The Labute approximate surface area is 83.2 Å². The molecule has 1 aliphatic rings. The number of hydrogen-bond acceptors (Lipinski definition) is 3. The van der Waals surface area contributed by atoms with Crippen molar-refractivity contribution in [1.82, 2.24) is 9.88 Å². The van der Waals surface area contributed by atoms with E-state index in [0.717, 1.165) is 26.2 Å². The van der Waals surface area contributed by atoms with Crippen molar-refractivity contribution >= 4 is 5.69 Å². The number of hydrogen-bond donors (Lipinski definition) is 0. The van der Waals surface area contributed by atoms with Gasteiger partial charge in [-0.3, -0.25) is 4.98 Å². The Kier molecular flexibility index (Phi) is 2.63. The summed E-state index contributed by atoms with van der Waals surface area (Å²) in [5, 5.41) is 0. The summed E-state index contributed by atoms with van der Waals surface area (Å²) in [6, 6.07) is 1.74. The van der Waals surface area contributed by atoms with Gasteiger partial charge in [-0.15, -0.1) is 0 Å². The normalized spacial score (nSPS) is 18.6. The second-order valence-corrected chi connectivity index (χ2v) is 3.62. The highest BCUT2D eigenvalue weighted by Crippen LogP contribution is 2.18. The standard InChI is InChI=1S/C10H14FN3/c1-13-4-6-14(7-5-13)10-2-3-12-8-9(10)11/h2-3,8H,4-7H2,1H3. The monoisotopic (exact) mass is 195 g/mol. The molecule has 0 N–H and O–H groups in total. The summed E-state index contributed by atoms with van der Waals surface area (Å²) in [6.07, 6.45) is 2.91. The lowest BCUT2D eigenvalue weighted by Crippen LogP contribution is -2.44. The van der Waals surface area contributed by atoms with Gasteiger partial charge in [0.1, 0.15) is 0 Å². The molecule has 3 nitrogen and oxygen atoms in total. The average Bonchev–Trinajstić information content (AvgIpc) is 2.20. The van der Waals surface area contributed by atoms with Gasteiger partial charge in [-0.2, -0.15) is 0 Å². The molecule has 0 radical (unpaired) electrons. The Morgan fingerprint density at radius 3 is 2.64 bits per heavy atom. The summed E-state index contributed by atoms with van der Waals surface area (Å²) in [6.45, 7) is 3.75. The first kappa shape index (κ1) is 9.40. The number of rotatable bonds is 1. The molecule has 0 saturated carbocycles. The summed E-state index contributed by atoms with van der Waals surface area (Å²) in [5.74, 6) is -0.225. The summed E-state index contributed by atoms with van der Waals surface area (Å²) in [5.41, 5.74) is 0.674. The number of piperazine rings is 1. The van der Waals surface area contributed by atoms with Crippen molar-refractivity contribution in [3.63, 3.8) is 0 Å². The quantitative estimate of drug-likeness (QED) is 0.665. The van der Waals surface area contributed by atoms with Crippen LogP contribution in [0.25, 0.3) is 0 Å². The van der Waals surface area contributed by atoms with E-state index in [4.69, 9.17) is 0 Å². The zero-order chi connectivity index (χ0) is 9.97. The predicted molar refractivity (Wildman–Crippen MR) is 53.9 cm³/mol. The number of anilines is 1. The van der Waals surface area contributed by atoms with Crippen molar-refractivity contribution < 1.29 is 4.39 Å². The lowest BCUT2D eigenvalue weighted by atomic mass is 10.3. The molecular formula is C10H14FN3. The number of halogens is 1. The van der Waals surface area contributed by atoms with Gasteiger partial charge in [-0.05, 0) is 13.1 Å². The molecule has 0 amide bonds. The molecule has 4 heteroatoms. The molecule has 0 bridgehead atoms. The minimum Gasteiger partial charge on any atom is -0.367 e. The van der Waals surface area contributed by atoms with Crippen molar-refractivity contribution in [2.24, 2.45) is 0 Å². The van der Waals surface area contributed by atoms with Crippen LogP contribution in [0.1, 0.15) is 0 Å². The molecule has 1 aliphatic heterocycles. The van der Waals surface area contributed by atoms with Gasteiger partial charge in [-0.1, -0.05) is 0 Å². The fraction of sp³-hybridized carbons (Fsp3) is 0.500. The summed E-state index contributed by atoms with van der Waals surface area (Å²) in [7, 11) is 2.08. The van der Waals surface area contributed by atoms with E-state index in [-0.39, 0.29) is 5.82 Å². The molecule has 0 aliphatic carbocycles. The van der Waals surface area contributed by atoms with Gasteiger partial charge in [-0.25, -0.2) is 4.39 Å². The van der Waals surface area contributed by atoms with Crippen molar-refractivity contribution in [1.29, 1.82) is 0 Å². The van der Waals surface area contributed by atoms with Crippen molar-refractivity contribution in [3.8, 4) is 0 Å². The number of pyridine rings is 1. The van der Waals surface area contributed by atoms with Crippen LogP contribution in [0.2, 0.25) is 0 Å². The Balaban J connectivity index is 2.12. The molecule has 2 rings (SSSR count). The second-order valence-electron chi connectivity index (χ2n) is 3.62. The van der Waals surface area contributed by atoms with E-state index >= 15 is 0 Å². The van der Waals surface area contributed by atoms with E-state index in [2.05, 4.69) is 21.8 Å². The van der Waals surface area contributed by atoms with Gasteiger partial charge in [0.2, 0.25) is 0 Å². The molecule has 0 atom stereocenters. The summed E-state index contributed by atoms with van der Waals surface area (Å²) >= 11 is 0. The fourth-order valence-electron chi connectivity index (χ4n) is 1.67. The maximum absolute atomic E-state index is 13.4. The van der Waals surface area contributed by atoms with Gasteiger partial charge >= 0.3 is 0 Å². The highest BCUT2D eigenvalue weighted by atomic mass is 19.1. The van der Waals surface area contributed by atoms with E-state index in [1.165, 1.54) is 6.20 Å². The molecule has 1 aromatic rings. The molecule has 1 fully saturated rings. The van der Waals surface area contributed by atoms with Crippen LogP contribution < -0.4 is 4.90 Å². The predicted octanol–water partition coefficient (Wildman–Crippen LogP) is 0.972. The molecule has 0 spiro atoms. The van der Waals surface area contributed by atoms with E-state index in [1.807, 2.05) is 0 Å². The molecule has 76 valence electrons. The third-order valence-corrected chi connectivity index (χ3v) is 2.60. The van der Waals surface area contributed by atoms with Crippen molar-refractivity contribution in [3.05, 3.63) is 24.3 Å². The fourth-order valence-corrected chi connectivity index (χ4v) is 1.67. The van der Waals surface area contributed by atoms with Gasteiger partial charge in [0, 0.05) is 32.4 Å². The molecule has 2 heterocycles. The highest BCUT2D eigenvalue weighted by Gasteiger charge is 2.16. The van der Waals surface area contributed by atoms with Crippen molar-refractivity contribution in [2.45, 2.75) is 0 Å². The van der Waals surface area contributed by atoms with Crippen LogP contribution in [0.3, 0.4) is 0 Å². The maximum atomic E-state index is 13.4. The van der Waals surface area contributed by atoms with Crippen LogP contribution in [0, 0.1) is 5.82 Å². The molecular weight excluding hydrogens is 181 g/mol. The van der Waals surface area contributed by atoms with E-state index in [9.17, 15) is 4.39 Å². The minimum atomic E-state index is -0.225. The van der Waals surface area contributed by atoms with Crippen LogP contribution in [-0.2, 0) is 0 Å². The third-order valence-electron chi connectivity index (χ3n) is 2.60. The topological polar surface area (TPSA) is 19.4 Å². The van der Waals surface area contributed by atoms with Crippen LogP contribution >= 0.6 is 0 Å². The zero-order valence-electron chi connectivity index (χ0n) is 8.28. The van der Waals surface area contributed by atoms with Gasteiger partial charge < -0.3 is 9.80 Å². The highest BCUT2D eigenvalue weighted by molar-refractivity contribution is 5.46. The van der Waals surface area contributed by atoms with Crippen LogP contribution in [0.4, 0.5) is 10.1 Å². The lowest BCUT2D eigenvalue weighted by molar-refractivity contribution is 0.311. The van der Waals surface area contributed by atoms with E-state index in [1.54, 1.807) is 12.3 Å². The third kappa shape index (κ3) is 1.85. The first-order chi connectivity index (χ1) is 6.77. The SMILES string of the molecule is CN1CCN(c2ccncc2F)CC1. The van der Waals surface area contributed by atoms with E-state index < -0.39 is 0 Å². The van der Waals surface area contributed by atoms with Crippen LogP contribution in [0.5, 0.6) is 0 Å². The lowest BCUT2D eigenvalue weighted by Gasteiger charge is -2.33. The molecule has 1 aromatic heterocycles. The second kappa shape index (κ2) is 3.92. The smallest absolute Gasteiger partial charge is 0.164 e. The van der Waals surface area contributed by atoms with Gasteiger partial charge in [0.05, 0.1) is 11.9 Å². The Morgan fingerprint density at radius 1 is 1.29 bits per heavy atom. The van der Waals surface area contributed by atoms with Crippen LogP contribution in [-0.4, -0.2) is 43.1 Å². The number of nitrogens with zero attached hydrogens (tertiary/aromatic N) is 3. The first-order valence-corrected chi connectivity index (χ1v) is 4.80. The van der Waals surface area contributed by atoms with E-state index in [0.29, 0.717) is 5.69 Å². The molecule has 14 heavy (non-hydrogen) atoms. The number of likely N-dealkylation sites (N-methyl/N-ethyl adjacent to an activating group) is 1. The largest absolute Gasteiger partial charge is 0.367 e. The Morgan fingerprint density at radius 2 is 2.00 bits per heavy atom. The van der Waals surface area contributed by atoms with Crippen LogP contribution in [0.15, 0.2) is 18.5 Å². The van der Waals surface area contributed by atoms with Gasteiger partial charge in [0.15, 0.2) is 5.82 Å². The summed E-state index contributed by atoms with van der Waals surface area (Å²) in [4.78, 5) is 8.05. The molecule has 0 unspecified atom stereocenters.